The lowest BCUT2D eigenvalue weighted by Gasteiger charge is -2.07. The van der Waals surface area contributed by atoms with Gasteiger partial charge in [-0.05, 0) is 30.5 Å². The first-order chi connectivity index (χ1) is 9.63. The fourth-order valence-electron chi connectivity index (χ4n) is 1.75. The van der Waals surface area contributed by atoms with Crippen molar-refractivity contribution in [2.24, 2.45) is 0 Å². The standard InChI is InChI=1S/C13H17ClN4OS/c1-3-5-15-10(19)7-16-11-9-6-8(4-2)20-12(9)18-13(14)17-11/h6H,3-5,7H2,1-2H3,(H,15,19)(H,16,17,18). The summed E-state index contributed by atoms with van der Waals surface area (Å²) >= 11 is 7.52. The second-order valence-electron chi connectivity index (χ2n) is 4.33. The average Bonchev–Trinajstić information content (AvgIpc) is 2.85. The first-order valence-corrected chi connectivity index (χ1v) is 7.80. The number of hydrogen-bond acceptors (Lipinski definition) is 5. The van der Waals surface area contributed by atoms with E-state index in [1.54, 1.807) is 11.3 Å². The first kappa shape index (κ1) is 15.0. The fourth-order valence-corrected chi connectivity index (χ4v) is 2.93. The van der Waals surface area contributed by atoms with Crippen molar-refractivity contribution in [2.75, 3.05) is 18.4 Å². The number of thiophene rings is 1. The van der Waals surface area contributed by atoms with E-state index in [1.165, 1.54) is 4.88 Å². The van der Waals surface area contributed by atoms with E-state index in [0.717, 1.165) is 23.1 Å². The monoisotopic (exact) mass is 312 g/mol. The molecule has 5 nitrogen and oxygen atoms in total. The highest BCUT2D eigenvalue weighted by molar-refractivity contribution is 7.18. The molecule has 2 aromatic rings. The quantitative estimate of drug-likeness (QED) is 0.805. The summed E-state index contributed by atoms with van der Waals surface area (Å²) in [6.45, 7) is 4.96. The van der Waals surface area contributed by atoms with Gasteiger partial charge in [-0.25, -0.2) is 9.97 Å². The van der Waals surface area contributed by atoms with Crippen molar-refractivity contribution in [1.82, 2.24) is 15.3 Å². The third-order valence-electron chi connectivity index (χ3n) is 2.75. The predicted octanol–water partition coefficient (Wildman–Crippen LogP) is 2.85. The van der Waals surface area contributed by atoms with Crippen LogP contribution in [-0.2, 0) is 11.2 Å². The molecule has 0 spiro atoms. The van der Waals surface area contributed by atoms with Crippen LogP contribution in [0.1, 0.15) is 25.1 Å². The molecule has 0 fully saturated rings. The zero-order valence-electron chi connectivity index (χ0n) is 11.5. The van der Waals surface area contributed by atoms with Gasteiger partial charge >= 0.3 is 0 Å². The normalized spacial score (nSPS) is 10.8. The van der Waals surface area contributed by atoms with Gasteiger partial charge in [0.15, 0.2) is 0 Å². The molecular formula is C13H17ClN4OS. The number of hydrogen-bond donors (Lipinski definition) is 2. The van der Waals surface area contributed by atoms with Gasteiger partial charge in [-0.1, -0.05) is 13.8 Å². The number of carbonyl (C=O) groups excluding carboxylic acids is 1. The van der Waals surface area contributed by atoms with E-state index in [0.29, 0.717) is 12.4 Å². The van der Waals surface area contributed by atoms with Crippen LogP contribution in [0.4, 0.5) is 5.82 Å². The van der Waals surface area contributed by atoms with Crippen molar-refractivity contribution in [2.45, 2.75) is 26.7 Å². The Bertz CT molecular complexity index is 614. The number of nitrogens with zero attached hydrogens (tertiary/aromatic N) is 2. The van der Waals surface area contributed by atoms with E-state index < -0.39 is 0 Å². The summed E-state index contributed by atoms with van der Waals surface area (Å²) in [6, 6.07) is 2.04. The Morgan fingerprint density at radius 2 is 2.20 bits per heavy atom. The van der Waals surface area contributed by atoms with E-state index in [2.05, 4.69) is 27.5 Å². The van der Waals surface area contributed by atoms with Gasteiger partial charge in [-0.15, -0.1) is 11.3 Å². The van der Waals surface area contributed by atoms with Crippen molar-refractivity contribution in [3.63, 3.8) is 0 Å². The van der Waals surface area contributed by atoms with Gasteiger partial charge in [0.25, 0.3) is 0 Å². The lowest BCUT2D eigenvalue weighted by molar-refractivity contribution is -0.119. The van der Waals surface area contributed by atoms with Crippen LogP contribution in [0.15, 0.2) is 6.07 Å². The smallest absolute Gasteiger partial charge is 0.239 e. The lowest BCUT2D eigenvalue weighted by Crippen LogP contribution is -2.30. The molecule has 2 aromatic heterocycles. The number of aromatic nitrogens is 2. The molecular weight excluding hydrogens is 296 g/mol. The van der Waals surface area contributed by atoms with Crippen molar-refractivity contribution in [3.05, 3.63) is 16.2 Å². The molecule has 20 heavy (non-hydrogen) atoms. The minimum atomic E-state index is -0.0549. The number of fused-ring (bicyclic) bond motifs is 1. The summed E-state index contributed by atoms with van der Waals surface area (Å²) in [5.74, 6) is 0.559. The Morgan fingerprint density at radius 3 is 2.90 bits per heavy atom. The van der Waals surface area contributed by atoms with Crippen molar-refractivity contribution >= 4 is 44.9 Å². The predicted molar refractivity (Wildman–Crippen MR) is 83.6 cm³/mol. The van der Waals surface area contributed by atoms with E-state index in [1.807, 2.05) is 13.0 Å². The second-order valence-corrected chi connectivity index (χ2v) is 5.78. The highest BCUT2D eigenvalue weighted by Gasteiger charge is 2.11. The summed E-state index contributed by atoms with van der Waals surface area (Å²) in [5, 5.41) is 6.95. The third kappa shape index (κ3) is 3.58. The van der Waals surface area contributed by atoms with Crippen molar-refractivity contribution in [3.8, 4) is 0 Å². The van der Waals surface area contributed by atoms with Gasteiger partial charge < -0.3 is 10.6 Å². The summed E-state index contributed by atoms with van der Waals surface area (Å²) in [5.41, 5.74) is 0. The summed E-state index contributed by atoms with van der Waals surface area (Å²) in [6.07, 6.45) is 1.86. The highest BCUT2D eigenvalue weighted by Crippen LogP contribution is 2.30. The number of anilines is 1. The van der Waals surface area contributed by atoms with E-state index >= 15 is 0 Å². The van der Waals surface area contributed by atoms with Crippen LogP contribution < -0.4 is 10.6 Å². The van der Waals surface area contributed by atoms with Gasteiger partial charge in [-0.2, -0.15) is 0 Å². The van der Waals surface area contributed by atoms with Crippen molar-refractivity contribution in [1.29, 1.82) is 0 Å². The number of amides is 1. The van der Waals surface area contributed by atoms with E-state index in [9.17, 15) is 4.79 Å². The zero-order chi connectivity index (χ0) is 14.5. The number of rotatable bonds is 6. The molecule has 0 radical (unpaired) electrons. The molecule has 0 bridgehead atoms. The summed E-state index contributed by atoms with van der Waals surface area (Å²) in [4.78, 5) is 22.1. The molecule has 0 atom stereocenters. The lowest BCUT2D eigenvalue weighted by atomic mass is 10.3. The first-order valence-electron chi connectivity index (χ1n) is 6.60. The van der Waals surface area contributed by atoms with E-state index in [-0.39, 0.29) is 17.7 Å². The van der Waals surface area contributed by atoms with Gasteiger partial charge in [-0.3, -0.25) is 4.79 Å². The SMILES string of the molecule is CCCNC(=O)CNc1nc(Cl)nc2sc(CC)cc12. The average molecular weight is 313 g/mol. The number of nitrogens with one attached hydrogen (secondary N) is 2. The third-order valence-corrected chi connectivity index (χ3v) is 4.10. The molecule has 0 aliphatic heterocycles. The Balaban J connectivity index is 2.16. The molecule has 1 amide bonds. The Morgan fingerprint density at radius 1 is 1.40 bits per heavy atom. The van der Waals surface area contributed by atoms with Crippen molar-refractivity contribution < 1.29 is 4.79 Å². The van der Waals surface area contributed by atoms with Crippen LogP contribution in [0.25, 0.3) is 10.2 Å². The number of halogens is 1. The van der Waals surface area contributed by atoms with Crippen LogP contribution in [0, 0.1) is 0 Å². The molecule has 0 aromatic carbocycles. The van der Waals surface area contributed by atoms with Crippen LogP contribution in [-0.4, -0.2) is 29.0 Å². The maximum atomic E-state index is 11.6. The van der Waals surface area contributed by atoms with Crippen LogP contribution >= 0.6 is 22.9 Å². The molecule has 2 rings (SSSR count). The van der Waals surface area contributed by atoms with Gasteiger partial charge in [0, 0.05) is 11.4 Å². The van der Waals surface area contributed by atoms with Crippen LogP contribution in [0.5, 0.6) is 0 Å². The van der Waals surface area contributed by atoms with Gasteiger partial charge in [0.1, 0.15) is 10.6 Å². The largest absolute Gasteiger partial charge is 0.360 e. The molecule has 7 heteroatoms. The van der Waals surface area contributed by atoms with Crippen LogP contribution in [0.2, 0.25) is 5.28 Å². The highest BCUT2D eigenvalue weighted by atomic mass is 35.5. The molecule has 0 saturated heterocycles. The van der Waals surface area contributed by atoms with E-state index in [4.69, 9.17) is 11.6 Å². The minimum Gasteiger partial charge on any atom is -0.360 e. The van der Waals surface area contributed by atoms with Crippen LogP contribution in [0.3, 0.4) is 0 Å². The number of carbonyl (C=O) groups is 1. The molecule has 0 aliphatic rings. The topological polar surface area (TPSA) is 66.9 Å². The molecule has 2 heterocycles. The second kappa shape index (κ2) is 6.85. The minimum absolute atomic E-state index is 0.0549. The van der Waals surface area contributed by atoms with Gasteiger partial charge in [0.05, 0.1) is 11.9 Å². The Kier molecular flexibility index (Phi) is 5.14. The molecule has 0 unspecified atom stereocenters. The maximum Gasteiger partial charge on any atom is 0.239 e. The Labute approximate surface area is 126 Å². The molecule has 0 aliphatic carbocycles. The fraction of sp³-hybridized carbons (Fsp3) is 0.462. The number of aryl methyl sites for hydroxylation is 1. The molecule has 108 valence electrons. The maximum absolute atomic E-state index is 11.6. The van der Waals surface area contributed by atoms with Gasteiger partial charge in [0.2, 0.25) is 11.2 Å². The summed E-state index contributed by atoms with van der Waals surface area (Å²) in [7, 11) is 0. The zero-order valence-corrected chi connectivity index (χ0v) is 13.1. The summed E-state index contributed by atoms with van der Waals surface area (Å²) < 4.78 is 0. The molecule has 2 N–H and O–H groups in total. The molecule has 0 saturated carbocycles. The Hall–Kier alpha value is -1.40.